The van der Waals surface area contributed by atoms with Crippen LogP contribution in [-0.4, -0.2) is 28.0 Å². The molecular formula is C23H23BrN2O4S. The van der Waals surface area contributed by atoms with Crippen molar-refractivity contribution < 1.29 is 17.9 Å². The van der Waals surface area contributed by atoms with Crippen LogP contribution in [0.5, 0.6) is 0 Å². The van der Waals surface area contributed by atoms with E-state index in [1.165, 1.54) is 0 Å². The van der Waals surface area contributed by atoms with Gasteiger partial charge >= 0.3 is 0 Å². The number of halogens is 1. The molecule has 3 aromatic rings. The smallest absolute Gasteiger partial charge is 0.264 e. The zero-order valence-corrected chi connectivity index (χ0v) is 19.6. The molecule has 0 bridgehead atoms. The molecule has 0 aliphatic rings. The van der Waals surface area contributed by atoms with Crippen molar-refractivity contribution in [1.82, 2.24) is 0 Å². The van der Waals surface area contributed by atoms with E-state index in [0.29, 0.717) is 22.5 Å². The van der Waals surface area contributed by atoms with Crippen molar-refractivity contribution in [2.75, 3.05) is 23.3 Å². The molecule has 0 unspecified atom stereocenters. The van der Waals surface area contributed by atoms with Crippen molar-refractivity contribution >= 4 is 43.2 Å². The van der Waals surface area contributed by atoms with Crippen LogP contribution in [0.1, 0.15) is 11.1 Å². The number of ether oxygens (including phenoxy) is 1. The fraction of sp³-hybridized carbons (Fsp3) is 0.174. The summed E-state index contributed by atoms with van der Waals surface area (Å²) in [5.74, 6) is -0.453. The number of nitrogens with zero attached hydrogens (tertiary/aromatic N) is 1. The third-order valence-corrected chi connectivity index (χ3v) is 6.80. The van der Waals surface area contributed by atoms with Crippen molar-refractivity contribution in [3.05, 3.63) is 88.4 Å². The first-order valence-electron chi connectivity index (χ1n) is 9.52. The average Bonchev–Trinajstić information content (AvgIpc) is 2.73. The van der Waals surface area contributed by atoms with Crippen molar-refractivity contribution in [2.45, 2.75) is 18.4 Å². The Hall–Kier alpha value is -2.68. The molecule has 31 heavy (non-hydrogen) atoms. The molecule has 0 fully saturated rings. The number of benzene rings is 3. The Morgan fingerprint density at radius 1 is 1.03 bits per heavy atom. The Morgan fingerprint density at radius 2 is 1.74 bits per heavy atom. The molecule has 0 aliphatic carbocycles. The number of carbonyl (C=O) groups excluding carboxylic acids is 1. The number of sulfonamides is 1. The minimum absolute atomic E-state index is 0.118. The van der Waals surface area contributed by atoms with Gasteiger partial charge in [0.15, 0.2) is 0 Å². The summed E-state index contributed by atoms with van der Waals surface area (Å²) in [5, 5.41) is 2.78. The van der Waals surface area contributed by atoms with E-state index in [9.17, 15) is 13.2 Å². The Bertz CT molecular complexity index is 1160. The lowest BCUT2D eigenvalue weighted by atomic mass is 10.2. The lowest BCUT2D eigenvalue weighted by molar-refractivity contribution is -0.114. The first-order valence-corrected chi connectivity index (χ1v) is 11.8. The van der Waals surface area contributed by atoms with E-state index in [4.69, 9.17) is 4.74 Å². The van der Waals surface area contributed by atoms with E-state index < -0.39 is 15.9 Å². The van der Waals surface area contributed by atoms with E-state index >= 15 is 0 Å². The highest BCUT2D eigenvalue weighted by atomic mass is 79.9. The van der Waals surface area contributed by atoms with Gasteiger partial charge in [0.1, 0.15) is 6.54 Å². The van der Waals surface area contributed by atoms with Crippen LogP contribution < -0.4 is 9.62 Å². The minimum Gasteiger partial charge on any atom is -0.380 e. The number of hydrogen-bond acceptors (Lipinski definition) is 4. The van der Waals surface area contributed by atoms with E-state index in [1.807, 2.05) is 13.0 Å². The number of rotatable bonds is 8. The Kier molecular flexibility index (Phi) is 7.48. The summed E-state index contributed by atoms with van der Waals surface area (Å²) < 4.78 is 33.7. The van der Waals surface area contributed by atoms with Gasteiger partial charge < -0.3 is 10.1 Å². The number of nitrogens with one attached hydrogen (secondary N) is 1. The highest BCUT2D eigenvalue weighted by molar-refractivity contribution is 9.10. The van der Waals surface area contributed by atoms with Crippen LogP contribution in [-0.2, 0) is 26.2 Å². The van der Waals surface area contributed by atoms with E-state index in [1.54, 1.807) is 73.8 Å². The normalized spacial score (nSPS) is 11.2. The Morgan fingerprint density at radius 3 is 2.42 bits per heavy atom. The van der Waals surface area contributed by atoms with Crippen LogP contribution >= 0.6 is 15.9 Å². The van der Waals surface area contributed by atoms with Gasteiger partial charge in [0.05, 0.1) is 17.2 Å². The molecule has 0 radical (unpaired) electrons. The predicted octanol–water partition coefficient (Wildman–Crippen LogP) is 4.74. The number of hydrogen-bond donors (Lipinski definition) is 1. The van der Waals surface area contributed by atoms with E-state index in [2.05, 4.69) is 21.2 Å². The van der Waals surface area contributed by atoms with Crippen molar-refractivity contribution in [1.29, 1.82) is 0 Å². The minimum atomic E-state index is -3.96. The Balaban J connectivity index is 1.91. The molecule has 0 atom stereocenters. The van der Waals surface area contributed by atoms with Gasteiger partial charge in [0.2, 0.25) is 5.91 Å². The molecule has 6 nitrogen and oxygen atoms in total. The molecular weight excluding hydrogens is 480 g/mol. The molecule has 0 aliphatic heterocycles. The van der Waals surface area contributed by atoms with Gasteiger partial charge in [-0.2, -0.15) is 0 Å². The molecule has 3 rings (SSSR count). The van der Waals surface area contributed by atoms with Gasteiger partial charge in [-0.1, -0.05) is 51.8 Å². The monoisotopic (exact) mass is 502 g/mol. The van der Waals surface area contributed by atoms with Crippen LogP contribution in [0.15, 0.2) is 82.2 Å². The van der Waals surface area contributed by atoms with Gasteiger partial charge in [0.25, 0.3) is 10.0 Å². The fourth-order valence-electron chi connectivity index (χ4n) is 3.02. The summed E-state index contributed by atoms with van der Waals surface area (Å²) in [5.41, 5.74) is 2.80. The SMILES string of the molecule is COCc1cccc(NC(=O)CN(c2cccc(Br)c2)S(=O)(=O)c2ccc(C)cc2)c1. The zero-order chi connectivity index (χ0) is 22.4. The maximum atomic E-state index is 13.4. The summed E-state index contributed by atoms with van der Waals surface area (Å²) in [4.78, 5) is 12.9. The van der Waals surface area contributed by atoms with Crippen LogP contribution in [0.25, 0.3) is 0 Å². The second kappa shape index (κ2) is 10.1. The molecule has 1 N–H and O–H groups in total. The van der Waals surface area contributed by atoms with Gasteiger partial charge in [-0.05, 0) is 55.0 Å². The molecule has 0 spiro atoms. The highest BCUT2D eigenvalue weighted by Crippen LogP contribution is 2.26. The van der Waals surface area contributed by atoms with Crippen LogP contribution in [0, 0.1) is 6.92 Å². The van der Waals surface area contributed by atoms with Gasteiger partial charge in [-0.25, -0.2) is 8.42 Å². The Labute approximate surface area is 191 Å². The number of methoxy groups -OCH3 is 1. The van der Waals surface area contributed by atoms with E-state index in [0.717, 1.165) is 15.4 Å². The standard InChI is InChI=1S/C23H23BrN2O4S/c1-17-9-11-22(12-10-17)31(28,29)26(21-8-4-6-19(24)14-21)15-23(27)25-20-7-3-5-18(13-20)16-30-2/h3-14H,15-16H2,1-2H3,(H,25,27). The lowest BCUT2D eigenvalue weighted by Gasteiger charge is -2.24. The van der Waals surface area contributed by atoms with Crippen LogP contribution in [0.2, 0.25) is 0 Å². The lowest BCUT2D eigenvalue weighted by Crippen LogP contribution is -2.38. The van der Waals surface area contributed by atoms with Gasteiger partial charge in [-0.3, -0.25) is 9.10 Å². The summed E-state index contributed by atoms with van der Waals surface area (Å²) in [7, 11) is -2.37. The van der Waals surface area contributed by atoms with Crippen molar-refractivity contribution in [3.8, 4) is 0 Å². The highest BCUT2D eigenvalue weighted by Gasteiger charge is 2.27. The second-order valence-electron chi connectivity index (χ2n) is 6.99. The molecule has 8 heteroatoms. The van der Waals surface area contributed by atoms with Crippen LogP contribution in [0.4, 0.5) is 11.4 Å². The third kappa shape index (κ3) is 5.94. The number of amides is 1. The quantitative estimate of drug-likeness (QED) is 0.482. The first kappa shape index (κ1) is 23.0. The van der Waals surface area contributed by atoms with Gasteiger partial charge in [-0.15, -0.1) is 0 Å². The maximum Gasteiger partial charge on any atom is 0.264 e. The topological polar surface area (TPSA) is 75.7 Å². The summed E-state index contributed by atoms with van der Waals surface area (Å²) in [6.45, 7) is 1.92. The maximum absolute atomic E-state index is 13.4. The summed E-state index contributed by atoms with van der Waals surface area (Å²) in [6, 6.07) is 20.6. The first-order chi connectivity index (χ1) is 14.8. The third-order valence-electron chi connectivity index (χ3n) is 4.51. The second-order valence-corrected chi connectivity index (χ2v) is 9.76. The molecule has 162 valence electrons. The average molecular weight is 503 g/mol. The largest absolute Gasteiger partial charge is 0.380 e. The van der Waals surface area contributed by atoms with Crippen molar-refractivity contribution in [3.63, 3.8) is 0 Å². The van der Waals surface area contributed by atoms with Crippen LogP contribution in [0.3, 0.4) is 0 Å². The van der Waals surface area contributed by atoms with Gasteiger partial charge in [0, 0.05) is 17.3 Å². The fourth-order valence-corrected chi connectivity index (χ4v) is 4.82. The number of carbonyl (C=O) groups is 1. The molecule has 0 saturated carbocycles. The zero-order valence-electron chi connectivity index (χ0n) is 17.2. The van der Waals surface area contributed by atoms with Crippen molar-refractivity contribution in [2.24, 2.45) is 0 Å². The van der Waals surface area contributed by atoms with E-state index in [-0.39, 0.29) is 11.4 Å². The molecule has 0 heterocycles. The predicted molar refractivity (Wildman–Crippen MR) is 126 cm³/mol. The summed E-state index contributed by atoms with van der Waals surface area (Å²) in [6.07, 6.45) is 0. The number of aryl methyl sites for hydroxylation is 1. The molecule has 0 saturated heterocycles. The summed E-state index contributed by atoms with van der Waals surface area (Å²) >= 11 is 3.37. The number of anilines is 2. The molecule has 1 amide bonds. The molecule has 3 aromatic carbocycles. The molecule has 0 aromatic heterocycles.